The molecule has 0 bridgehead atoms. The molecule has 2 aromatic heterocycles. The third-order valence-electron chi connectivity index (χ3n) is 2.78. The highest BCUT2D eigenvalue weighted by molar-refractivity contribution is 5.87. The number of aromatic carboxylic acids is 1. The molecule has 0 saturated carbocycles. The summed E-state index contributed by atoms with van der Waals surface area (Å²) in [5.41, 5.74) is 1.03. The molecule has 1 N–H and O–H groups in total. The Hall–Kier alpha value is -2.96. The molecule has 0 spiro atoms. The molecule has 20 heavy (non-hydrogen) atoms. The Balaban J connectivity index is 1.91. The summed E-state index contributed by atoms with van der Waals surface area (Å²) in [4.78, 5) is 10.9. The van der Waals surface area contributed by atoms with Gasteiger partial charge in [-0.1, -0.05) is 12.1 Å². The van der Waals surface area contributed by atoms with E-state index in [0.29, 0.717) is 18.1 Å². The quantitative estimate of drug-likeness (QED) is 0.775. The molecule has 0 aliphatic carbocycles. The second-order valence-electron chi connectivity index (χ2n) is 4.14. The summed E-state index contributed by atoms with van der Waals surface area (Å²) in [6.45, 7) is 0.365. The third-order valence-corrected chi connectivity index (χ3v) is 2.78. The predicted octanol–water partition coefficient (Wildman–Crippen LogP) is 1.68. The molecule has 2 heterocycles. The molecule has 0 radical (unpaired) electrons. The molecule has 3 rings (SSSR count). The molecule has 0 aliphatic rings. The van der Waals surface area contributed by atoms with E-state index in [9.17, 15) is 4.79 Å². The van der Waals surface area contributed by atoms with Crippen molar-refractivity contribution < 1.29 is 14.3 Å². The molecule has 3 aromatic rings. The van der Waals surface area contributed by atoms with Crippen LogP contribution in [0.4, 0.5) is 0 Å². The Morgan fingerprint density at radius 3 is 2.95 bits per heavy atom. The number of hydrogen-bond donors (Lipinski definition) is 1. The first kappa shape index (κ1) is 12.1. The highest BCUT2D eigenvalue weighted by Crippen LogP contribution is 2.17. The van der Waals surface area contributed by atoms with E-state index < -0.39 is 5.97 Å². The zero-order valence-electron chi connectivity index (χ0n) is 10.3. The number of benzene rings is 1. The second kappa shape index (κ2) is 4.96. The van der Waals surface area contributed by atoms with E-state index >= 15 is 0 Å². The van der Waals surface area contributed by atoms with E-state index in [4.69, 9.17) is 9.52 Å². The first-order chi connectivity index (χ1) is 9.74. The lowest BCUT2D eigenvalue weighted by atomic mass is 10.1. The number of hydrogen-bond acceptors (Lipinski definition) is 5. The van der Waals surface area contributed by atoms with Crippen LogP contribution in [0.2, 0.25) is 0 Å². The van der Waals surface area contributed by atoms with Crippen molar-refractivity contribution in [3.63, 3.8) is 0 Å². The fraction of sp³-hybridized carbons (Fsp3) is 0.0769. The van der Waals surface area contributed by atoms with Crippen LogP contribution >= 0.6 is 0 Å². The minimum atomic E-state index is -0.963. The van der Waals surface area contributed by atoms with Crippen molar-refractivity contribution >= 4 is 5.97 Å². The average Bonchev–Trinajstić information content (AvgIpc) is 3.09. The summed E-state index contributed by atoms with van der Waals surface area (Å²) in [6, 6.07) is 10.2. The smallest absolute Gasteiger partial charge is 0.335 e. The minimum absolute atomic E-state index is 0.232. The standard InChI is InChI=1S/C13H10N4O3/c18-13(19)10-4-1-3-9(7-10)8-17-12(14-15-16-17)11-5-2-6-20-11/h1-7H,8H2,(H,18,19). The summed E-state index contributed by atoms with van der Waals surface area (Å²) in [6.07, 6.45) is 1.54. The number of furan rings is 1. The zero-order valence-corrected chi connectivity index (χ0v) is 10.3. The van der Waals surface area contributed by atoms with Crippen LogP contribution in [0.25, 0.3) is 11.6 Å². The van der Waals surface area contributed by atoms with E-state index in [-0.39, 0.29) is 5.56 Å². The summed E-state index contributed by atoms with van der Waals surface area (Å²) in [5, 5.41) is 20.4. The van der Waals surface area contributed by atoms with Crippen LogP contribution in [0.1, 0.15) is 15.9 Å². The lowest BCUT2D eigenvalue weighted by molar-refractivity contribution is 0.0696. The summed E-state index contributed by atoms with van der Waals surface area (Å²) in [5.74, 6) is 0.0925. The molecule has 7 heteroatoms. The van der Waals surface area contributed by atoms with Crippen LogP contribution in [0.3, 0.4) is 0 Å². The highest BCUT2D eigenvalue weighted by atomic mass is 16.4. The first-order valence-corrected chi connectivity index (χ1v) is 5.86. The fourth-order valence-electron chi connectivity index (χ4n) is 1.87. The van der Waals surface area contributed by atoms with Gasteiger partial charge in [-0.2, -0.15) is 0 Å². The molecule has 0 unspecified atom stereocenters. The monoisotopic (exact) mass is 270 g/mol. The maximum atomic E-state index is 10.9. The van der Waals surface area contributed by atoms with Gasteiger partial charge in [-0.25, -0.2) is 9.48 Å². The van der Waals surface area contributed by atoms with E-state index in [1.807, 2.05) is 6.07 Å². The number of nitrogens with zero attached hydrogens (tertiary/aromatic N) is 4. The van der Waals surface area contributed by atoms with Crippen molar-refractivity contribution in [3.8, 4) is 11.6 Å². The van der Waals surface area contributed by atoms with Gasteiger partial charge >= 0.3 is 5.97 Å². The van der Waals surface area contributed by atoms with Crippen molar-refractivity contribution in [1.82, 2.24) is 20.2 Å². The SMILES string of the molecule is O=C(O)c1cccc(Cn2nnnc2-c2ccco2)c1. The van der Waals surface area contributed by atoms with Crippen LogP contribution in [-0.4, -0.2) is 31.3 Å². The summed E-state index contributed by atoms with van der Waals surface area (Å²) < 4.78 is 6.82. The molecule has 7 nitrogen and oxygen atoms in total. The minimum Gasteiger partial charge on any atom is -0.478 e. The summed E-state index contributed by atoms with van der Waals surface area (Å²) in [7, 11) is 0. The molecule has 0 aliphatic heterocycles. The topological polar surface area (TPSA) is 94.0 Å². The van der Waals surface area contributed by atoms with Crippen LogP contribution in [0.15, 0.2) is 47.1 Å². The second-order valence-corrected chi connectivity index (χ2v) is 4.14. The number of tetrazole rings is 1. The van der Waals surface area contributed by atoms with Gasteiger partial charge in [0, 0.05) is 0 Å². The van der Waals surface area contributed by atoms with Crippen molar-refractivity contribution in [3.05, 3.63) is 53.8 Å². The van der Waals surface area contributed by atoms with Gasteiger partial charge in [0.15, 0.2) is 5.76 Å². The van der Waals surface area contributed by atoms with Gasteiger partial charge in [0.25, 0.3) is 0 Å². The maximum Gasteiger partial charge on any atom is 0.335 e. The van der Waals surface area contributed by atoms with Crippen molar-refractivity contribution in [2.75, 3.05) is 0 Å². The van der Waals surface area contributed by atoms with E-state index in [0.717, 1.165) is 5.56 Å². The largest absolute Gasteiger partial charge is 0.478 e. The number of aromatic nitrogens is 4. The van der Waals surface area contributed by atoms with Gasteiger partial charge in [-0.05, 0) is 40.3 Å². The Bertz CT molecular complexity index is 734. The molecular formula is C13H10N4O3. The van der Waals surface area contributed by atoms with Crippen molar-refractivity contribution in [2.45, 2.75) is 6.54 Å². The Morgan fingerprint density at radius 2 is 2.20 bits per heavy atom. The lowest BCUT2D eigenvalue weighted by Gasteiger charge is -2.04. The Labute approximate surface area is 113 Å². The number of rotatable bonds is 4. The summed E-state index contributed by atoms with van der Waals surface area (Å²) >= 11 is 0. The van der Waals surface area contributed by atoms with Gasteiger partial charge < -0.3 is 9.52 Å². The fourth-order valence-corrected chi connectivity index (χ4v) is 1.87. The first-order valence-electron chi connectivity index (χ1n) is 5.86. The van der Waals surface area contributed by atoms with Gasteiger partial charge in [0.1, 0.15) is 0 Å². The highest BCUT2D eigenvalue weighted by Gasteiger charge is 2.12. The molecular weight excluding hydrogens is 260 g/mol. The van der Waals surface area contributed by atoms with Crippen molar-refractivity contribution in [2.24, 2.45) is 0 Å². The molecule has 0 fully saturated rings. The van der Waals surface area contributed by atoms with E-state index in [1.165, 1.54) is 0 Å². The average molecular weight is 270 g/mol. The van der Waals surface area contributed by atoms with E-state index in [1.54, 1.807) is 41.3 Å². The molecule has 0 atom stereocenters. The Morgan fingerprint density at radius 1 is 1.30 bits per heavy atom. The zero-order chi connectivity index (χ0) is 13.9. The van der Waals surface area contributed by atoms with Crippen LogP contribution in [0, 0.1) is 0 Å². The maximum absolute atomic E-state index is 10.9. The lowest BCUT2D eigenvalue weighted by Crippen LogP contribution is -2.05. The molecule has 0 amide bonds. The third kappa shape index (κ3) is 2.28. The van der Waals surface area contributed by atoms with Crippen LogP contribution in [-0.2, 0) is 6.54 Å². The van der Waals surface area contributed by atoms with Crippen LogP contribution < -0.4 is 0 Å². The van der Waals surface area contributed by atoms with Crippen LogP contribution in [0.5, 0.6) is 0 Å². The van der Waals surface area contributed by atoms with Gasteiger partial charge in [0.05, 0.1) is 18.4 Å². The molecule has 0 saturated heterocycles. The van der Waals surface area contributed by atoms with E-state index in [2.05, 4.69) is 15.5 Å². The van der Waals surface area contributed by atoms with Gasteiger partial charge in [-0.15, -0.1) is 5.10 Å². The molecule has 100 valence electrons. The normalized spacial score (nSPS) is 10.6. The predicted molar refractivity (Wildman–Crippen MR) is 68.0 cm³/mol. The number of carboxylic acids is 1. The Kier molecular flexibility index (Phi) is 3.00. The van der Waals surface area contributed by atoms with Gasteiger partial charge in [-0.3, -0.25) is 0 Å². The number of carbonyl (C=O) groups is 1. The van der Waals surface area contributed by atoms with Crippen molar-refractivity contribution in [1.29, 1.82) is 0 Å². The van der Waals surface area contributed by atoms with Gasteiger partial charge in [0.2, 0.25) is 5.82 Å². The number of carboxylic acid groups (broad SMARTS) is 1. The molecule has 1 aromatic carbocycles.